The summed E-state index contributed by atoms with van der Waals surface area (Å²) in [7, 11) is -4.00. The van der Waals surface area contributed by atoms with Crippen molar-refractivity contribution in [2.24, 2.45) is 0 Å². The van der Waals surface area contributed by atoms with E-state index in [0.29, 0.717) is 26.7 Å². The van der Waals surface area contributed by atoms with Crippen molar-refractivity contribution < 1.29 is 31.5 Å². The maximum atomic E-state index is 13.9. The summed E-state index contributed by atoms with van der Waals surface area (Å²) >= 11 is 12.3. The van der Waals surface area contributed by atoms with Gasteiger partial charge in [0.25, 0.3) is 15.9 Å². The Morgan fingerprint density at radius 3 is 2.06 bits per heavy atom. The van der Waals surface area contributed by atoms with Gasteiger partial charge in [0.05, 0.1) is 4.90 Å². The highest BCUT2D eigenvalue weighted by molar-refractivity contribution is 7.92. The number of nitrogens with one attached hydrogen (secondary N) is 2. The third-order valence-electron chi connectivity index (χ3n) is 7.32. The first-order chi connectivity index (χ1) is 23.5. The molecule has 2 N–H and O–H groups in total. The lowest BCUT2D eigenvalue weighted by atomic mass is 10.0. The van der Waals surface area contributed by atoms with Gasteiger partial charge in [-0.3, -0.25) is 14.3 Å². The van der Waals surface area contributed by atoms with Crippen molar-refractivity contribution in [3.63, 3.8) is 0 Å². The van der Waals surface area contributed by atoms with Crippen molar-refractivity contribution in [1.29, 1.82) is 0 Å². The topological polar surface area (TPSA) is 105 Å². The molecule has 0 heterocycles. The van der Waals surface area contributed by atoms with Gasteiger partial charge in [-0.15, -0.1) is 0 Å². The number of hydrogen-bond acceptors (Lipinski definition) is 5. The molecule has 5 aromatic carbocycles. The maximum Gasteiger partial charge on any atom is 0.261 e. The molecule has 5 aromatic rings. The van der Waals surface area contributed by atoms with Crippen LogP contribution in [0.4, 0.5) is 14.5 Å². The molecule has 0 saturated carbocycles. The fraction of sp³-hybridized carbons (Fsp3) is 0.111. The van der Waals surface area contributed by atoms with E-state index in [-0.39, 0.29) is 29.4 Å². The molecule has 0 radical (unpaired) electrons. The van der Waals surface area contributed by atoms with E-state index in [2.05, 4.69) is 10.0 Å². The van der Waals surface area contributed by atoms with Crippen molar-refractivity contribution in [3.05, 3.63) is 160 Å². The van der Waals surface area contributed by atoms with E-state index >= 15 is 0 Å². The zero-order valence-corrected chi connectivity index (χ0v) is 28.0. The molecule has 252 valence electrons. The van der Waals surface area contributed by atoms with Gasteiger partial charge in [0.1, 0.15) is 23.4 Å². The van der Waals surface area contributed by atoms with Gasteiger partial charge in [0.15, 0.2) is 6.61 Å². The van der Waals surface area contributed by atoms with Gasteiger partial charge in [-0.1, -0.05) is 71.7 Å². The van der Waals surface area contributed by atoms with Gasteiger partial charge in [-0.2, -0.15) is 0 Å². The number of carbonyl (C=O) groups excluding carboxylic acids is 2. The minimum absolute atomic E-state index is 0.0541. The third kappa shape index (κ3) is 9.56. The summed E-state index contributed by atoms with van der Waals surface area (Å²) in [5.41, 5.74) is 1.87. The molecule has 2 amide bonds. The minimum Gasteiger partial charge on any atom is -0.484 e. The molecular formula is C36H29Cl2F2N3O5S. The Hall–Kier alpha value is -4.97. The van der Waals surface area contributed by atoms with Gasteiger partial charge < -0.3 is 15.0 Å². The summed E-state index contributed by atoms with van der Waals surface area (Å²) in [4.78, 5) is 29.0. The Labute approximate surface area is 292 Å². The summed E-state index contributed by atoms with van der Waals surface area (Å²) in [6, 6.07) is 28.2. The maximum absolute atomic E-state index is 13.9. The van der Waals surface area contributed by atoms with E-state index < -0.39 is 46.1 Å². The molecule has 0 aliphatic carbocycles. The van der Waals surface area contributed by atoms with Crippen LogP contribution in [-0.4, -0.2) is 31.7 Å². The van der Waals surface area contributed by atoms with Gasteiger partial charge in [0.2, 0.25) is 5.91 Å². The second kappa shape index (κ2) is 16.0. The van der Waals surface area contributed by atoms with Gasteiger partial charge in [-0.25, -0.2) is 17.2 Å². The Kier molecular flexibility index (Phi) is 11.5. The summed E-state index contributed by atoms with van der Waals surface area (Å²) in [6.07, 6.45) is 0. The largest absolute Gasteiger partial charge is 0.484 e. The van der Waals surface area contributed by atoms with E-state index in [1.54, 1.807) is 48.5 Å². The number of hydrogen-bond donors (Lipinski definition) is 2. The predicted molar refractivity (Wildman–Crippen MR) is 184 cm³/mol. The average molecular weight is 725 g/mol. The molecule has 0 saturated heterocycles. The number of amides is 2. The van der Waals surface area contributed by atoms with Crippen molar-refractivity contribution in [1.82, 2.24) is 10.2 Å². The Morgan fingerprint density at radius 1 is 0.796 bits per heavy atom. The first kappa shape index (κ1) is 35.3. The van der Waals surface area contributed by atoms with Crippen LogP contribution >= 0.6 is 23.2 Å². The SMILES string of the molecule is O=C(NCc1ccc(Cl)cc1Cl)[C@H](c1ccccc1)N(Cc1ccc(F)cc1)C(=O)COc1ccc(S(=O)(=O)Nc2ccc(F)cc2)cc1. The molecule has 0 aromatic heterocycles. The molecular weight excluding hydrogens is 695 g/mol. The molecule has 13 heteroatoms. The molecule has 1 atom stereocenters. The quantitative estimate of drug-likeness (QED) is 0.131. The van der Waals surface area contributed by atoms with Crippen LogP contribution in [0.2, 0.25) is 10.0 Å². The lowest BCUT2D eigenvalue weighted by Gasteiger charge is -2.31. The molecule has 0 bridgehead atoms. The van der Waals surface area contributed by atoms with E-state index in [0.717, 1.165) is 12.1 Å². The van der Waals surface area contributed by atoms with Crippen LogP contribution in [0.5, 0.6) is 5.75 Å². The Balaban J connectivity index is 1.36. The highest BCUT2D eigenvalue weighted by atomic mass is 35.5. The predicted octanol–water partition coefficient (Wildman–Crippen LogP) is 7.54. The molecule has 0 aliphatic heterocycles. The summed E-state index contributed by atoms with van der Waals surface area (Å²) in [6.45, 7) is -0.525. The molecule has 0 fully saturated rings. The number of carbonyl (C=O) groups is 2. The third-order valence-corrected chi connectivity index (χ3v) is 9.31. The Bertz CT molecular complexity index is 2020. The summed E-state index contributed by atoms with van der Waals surface area (Å²) in [5, 5.41) is 3.66. The van der Waals surface area contributed by atoms with Crippen LogP contribution in [-0.2, 0) is 32.7 Å². The van der Waals surface area contributed by atoms with Crippen LogP contribution in [0.1, 0.15) is 22.7 Å². The molecule has 0 spiro atoms. The van der Waals surface area contributed by atoms with Crippen LogP contribution in [0.25, 0.3) is 0 Å². The molecule has 8 nitrogen and oxygen atoms in total. The molecule has 49 heavy (non-hydrogen) atoms. The number of benzene rings is 5. The van der Waals surface area contributed by atoms with Crippen LogP contribution in [0.15, 0.2) is 126 Å². The Morgan fingerprint density at radius 2 is 1.43 bits per heavy atom. The van der Waals surface area contributed by atoms with Gasteiger partial charge in [-0.05, 0) is 89.5 Å². The van der Waals surface area contributed by atoms with Gasteiger partial charge in [0, 0.05) is 28.8 Å². The van der Waals surface area contributed by atoms with E-state index in [1.807, 2.05) is 0 Å². The highest BCUT2D eigenvalue weighted by Crippen LogP contribution is 2.27. The fourth-order valence-corrected chi connectivity index (χ4v) is 6.37. The highest BCUT2D eigenvalue weighted by Gasteiger charge is 2.32. The van der Waals surface area contributed by atoms with Crippen molar-refractivity contribution in [3.8, 4) is 5.75 Å². The number of anilines is 1. The normalized spacial score (nSPS) is 11.8. The number of ether oxygens (including phenoxy) is 1. The van der Waals surface area contributed by atoms with E-state index in [1.165, 1.54) is 65.6 Å². The van der Waals surface area contributed by atoms with E-state index in [4.69, 9.17) is 27.9 Å². The van der Waals surface area contributed by atoms with E-state index in [9.17, 15) is 26.8 Å². The zero-order valence-electron chi connectivity index (χ0n) is 25.7. The fourth-order valence-electron chi connectivity index (χ4n) is 4.84. The van der Waals surface area contributed by atoms with Crippen LogP contribution < -0.4 is 14.8 Å². The van der Waals surface area contributed by atoms with Crippen LogP contribution in [0.3, 0.4) is 0 Å². The second-order valence-corrected chi connectivity index (χ2v) is 13.3. The smallest absolute Gasteiger partial charge is 0.261 e. The lowest BCUT2D eigenvalue weighted by molar-refractivity contribution is -0.143. The first-order valence-electron chi connectivity index (χ1n) is 14.8. The van der Waals surface area contributed by atoms with Crippen molar-refractivity contribution >= 4 is 50.7 Å². The standard InChI is InChI=1S/C36H29Cl2F2N3O5S/c37-27-9-8-26(33(38)20-27)21-41-36(45)35(25-4-2-1-3-5-25)43(22-24-6-10-28(39)11-7-24)34(44)23-48-31-16-18-32(19-17-31)49(46,47)42-30-14-12-29(40)13-15-30/h1-20,35,42H,21-23H2,(H,41,45)/t35-/m0/s1. The number of rotatable bonds is 13. The lowest BCUT2D eigenvalue weighted by Crippen LogP contribution is -2.45. The summed E-state index contributed by atoms with van der Waals surface area (Å²) in [5.74, 6) is -1.85. The first-order valence-corrected chi connectivity index (χ1v) is 17.0. The second-order valence-electron chi connectivity index (χ2n) is 10.8. The number of nitrogens with zero attached hydrogens (tertiary/aromatic N) is 1. The van der Waals surface area contributed by atoms with Crippen LogP contribution in [0, 0.1) is 11.6 Å². The average Bonchev–Trinajstić information content (AvgIpc) is 3.09. The molecule has 0 unspecified atom stereocenters. The number of sulfonamides is 1. The summed E-state index contributed by atoms with van der Waals surface area (Å²) < 4.78 is 60.7. The molecule has 0 aliphatic rings. The van der Waals surface area contributed by atoms with Gasteiger partial charge >= 0.3 is 0 Å². The number of halogens is 4. The molecule has 5 rings (SSSR count). The monoisotopic (exact) mass is 723 g/mol. The minimum atomic E-state index is -4.00. The van der Waals surface area contributed by atoms with Crippen molar-refractivity contribution in [2.75, 3.05) is 11.3 Å². The zero-order chi connectivity index (χ0) is 35.0. The van der Waals surface area contributed by atoms with Crippen molar-refractivity contribution in [2.45, 2.75) is 24.0 Å².